The Balaban J connectivity index is 2.76. The Labute approximate surface area is 58.0 Å². The van der Waals surface area contributed by atoms with E-state index in [-0.39, 0.29) is 0 Å². The van der Waals surface area contributed by atoms with Crippen LogP contribution >= 0.6 is 11.3 Å². The van der Waals surface area contributed by atoms with E-state index >= 15 is 0 Å². The molecule has 1 rings (SSSR count). The molecule has 46 valence electrons. The van der Waals surface area contributed by atoms with E-state index in [9.17, 15) is 0 Å². The summed E-state index contributed by atoms with van der Waals surface area (Å²) in [5.41, 5.74) is 0.896. The number of aryl methyl sites for hydroxylation is 1. The SMILES string of the molecule is [C-]#[N+]Cc1csc(C)n1. The highest BCUT2D eigenvalue weighted by molar-refractivity contribution is 7.09. The summed E-state index contributed by atoms with van der Waals surface area (Å²) in [7, 11) is 0. The molecule has 0 spiro atoms. The maximum absolute atomic E-state index is 6.54. The highest BCUT2D eigenvalue weighted by atomic mass is 32.1. The second kappa shape index (κ2) is 2.60. The largest absolute Gasteiger partial charge is 0.310 e. The third-order valence-electron chi connectivity index (χ3n) is 0.908. The monoisotopic (exact) mass is 138 g/mol. The third kappa shape index (κ3) is 1.51. The van der Waals surface area contributed by atoms with Gasteiger partial charge in [-0.1, -0.05) is 0 Å². The van der Waals surface area contributed by atoms with E-state index < -0.39 is 0 Å². The van der Waals surface area contributed by atoms with Gasteiger partial charge in [0.25, 0.3) is 6.54 Å². The van der Waals surface area contributed by atoms with Crippen molar-refractivity contribution in [2.24, 2.45) is 0 Å². The van der Waals surface area contributed by atoms with Crippen LogP contribution < -0.4 is 0 Å². The zero-order valence-corrected chi connectivity index (χ0v) is 5.90. The zero-order chi connectivity index (χ0) is 6.69. The number of thiazole rings is 1. The lowest BCUT2D eigenvalue weighted by Crippen LogP contribution is -1.76. The van der Waals surface area contributed by atoms with Gasteiger partial charge >= 0.3 is 0 Å². The first kappa shape index (κ1) is 6.24. The predicted octanol–water partition coefficient (Wildman–Crippen LogP) is 1.87. The van der Waals surface area contributed by atoms with E-state index in [2.05, 4.69) is 9.83 Å². The van der Waals surface area contributed by atoms with Gasteiger partial charge in [-0.15, -0.1) is 11.3 Å². The average molecular weight is 138 g/mol. The number of hydrogen-bond acceptors (Lipinski definition) is 2. The second-order valence-electron chi connectivity index (χ2n) is 1.67. The van der Waals surface area contributed by atoms with Crippen molar-refractivity contribution in [3.63, 3.8) is 0 Å². The van der Waals surface area contributed by atoms with E-state index in [4.69, 9.17) is 6.57 Å². The van der Waals surface area contributed by atoms with Crippen LogP contribution in [-0.4, -0.2) is 4.98 Å². The van der Waals surface area contributed by atoms with Gasteiger partial charge in [0, 0.05) is 5.38 Å². The van der Waals surface area contributed by atoms with Gasteiger partial charge in [-0.3, -0.25) is 0 Å². The molecule has 0 bridgehead atoms. The molecule has 0 amide bonds. The van der Waals surface area contributed by atoms with Crippen molar-refractivity contribution in [3.8, 4) is 0 Å². The lowest BCUT2D eigenvalue weighted by atomic mass is 10.5. The third-order valence-corrected chi connectivity index (χ3v) is 1.73. The zero-order valence-electron chi connectivity index (χ0n) is 5.09. The van der Waals surface area contributed by atoms with Crippen molar-refractivity contribution in [3.05, 3.63) is 27.5 Å². The number of hydrogen-bond donors (Lipinski definition) is 0. The minimum Gasteiger partial charge on any atom is -0.310 e. The first-order valence-electron chi connectivity index (χ1n) is 2.57. The molecule has 3 heteroatoms. The van der Waals surface area contributed by atoms with Gasteiger partial charge in [-0.05, 0) is 6.92 Å². The minimum absolute atomic E-state index is 0.421. The lowest BCUT2D eigenvalue weighted by Gasteiger charge is -1.76. The molecular formula is C6H6N2S. The quantitative estimate of drug-likeness (QED) is 0.541. The van der Waals surface area contributed by atoms with Gasteiger partial charge in [0.15, 0.2) is 0 Å². The van der Waals surface area contributed by atoms with Gasteiger partial charge in [0.2, 0.25) is 0 Å². The molecule has 1 heterocycles. The van der Waals surface area contributed by atoms with Crippen LogP contribution in [0.1, 0.15) is 10.7 Å². The average Bonchev–Trinajstić information content (AvgIpc) is 2.17. The van der Waals surface area contributed by atoms with Gasteiger partial charge in [0.05, 0.1) is 5.01 Å². The first-order chi connectivity index (χ1) is 4.33. The van der Waals surface area contributed by atoms with Crippen LogP contribution in [0.15, 0.2) is 5.38 Å². The maximum Gasteiger partial charge on any atom is 0.257 e. The van der Waals surface area contributed by atoms with Gasteiger partial charge in [-0.2, -0.15) is 0 Å². The Morgan fingerprint density at radius 1 is 1.89 bits per heavy atom. The van der Waals surface area contributed by atoms with Crippen molar-refractivity contribution >= 4 is 11.3 Å². The van der Waals surface area contributed by atoms with E-state index in [0.717, 1.165) is 10.7 Å². The Morgan fingerprint density at radius 3 is 3.11 bits per heavy atom. The molecule has 0 aliphatic rings. The summed E-state index contributed by atoms with van der Waals surface area (Å²) >= 11 is 1.59. The highest BCUT2D eigenvalue weighted by Gasteiger charge is 1.97. The van der Waals surface area contributed by atoms with Crippen LogP contribution in [0, 0.1) is 13.5 Å². The lowest BCUT2D eigenvalue weighted by molar-refractivity contribution is 1.12. The summed E-state index contributed by atoms with van der Waals surface area (Å²) in [6, 6.07) is 0. The highest BCUT2D eigenvalue weighted by Crippen LogP contribution is 2.07. The van der Waals surface area contributed by atoms with Crippen LogP contribution in [0.3, 0.4) is 0 Å². The summed E-state index contributed by atoms with van der Waals surface area (Å²) in [5.74, 6) is 0. The van der Waals surface area contributed by atoms with Gasteiger partial charge < -0.3 is 4.85 Å². The standard InChI is InChI=1S/C6H6N2S/c1-5-8-6(3-7-2)4-9-5/h4H,3H2,1H3. The number of nitrogens with zero attached hydrogens (tertiary/aromatic N) is 2. The molecule has 0 aromatic carbocycles. The molecule has 0 unspecified atom stereocenters. The van der Waals surface area contributed by atoms with Crippen molar-refractivity contribution < 1.29 is 0 Å². The predicted molar refractivity (Wildman–Crippen MR) is 37.2 cm³/mol. The molecule has 0 aliphatic carbocycles. The van der Waals surface area contributed by atoms with Crippen LogP contribution in [0.2, 0.25) is 0 Å². The molecule has 0 saturated carbocycles. The molecule has 1 aromatic rings. The molecule has 0 saturated heterocycles. The number of rotatable bonds is 1. The van der Waals surface area contributed by atoms with Crippen molar-refractivity contribution in [2.45, 2.75) is 13.5 Å². The van der Waals surface area contributed by atoms with Gasteiger partial charge in [0.1, 0.15) is 5.69 Å². The molecule has 2 nitrogen and oxygen atoms in total. The van der Waals surface area contributed by atoms with Crippen molar-refractivity contribution in [2.75, 3.05) is 0 Å². The normalized spacial score (nSPS) is 8.89. The maximum atomic E-state index is 6.54. The molecule has 0 radical (unpaired) electrons. The van der Waals surface area contributed by atoms with E-state index in [0.29, 0.717) is 6.54 Å². The fourth-order valence-corrected chi connectivity index (χ4v) is 1.17. The molecule has 0 atom stereocenters. The fraction of sp³-hybridized carbons (Fsp3) is 0.333. The van der Waals surface area contributed by atoms with Crippen LogP contribution in [0.25, 0.3) is 4.85 Å². The molecular weight excluding hydrogens is 132 g/mol. The summed E-state index contributed by atoms with van der Waals surface area (Å²) in [6.45, 7) is 8.90. The molecule has 9 heavy (non-hydrogen) atoms. The second-order valence-corrected chi connectivity index (χ2v) is 2.74. The Kier molecular flexibility index (Phi) is 1.81. The summed E-state index contributed by atoms with van der Waals surface area (Å²) in [6.07, 6.45) is 0. The molecule has 0 fully saturated rings. The van der Waals surface area contributed by atoms with E-state index in [1.807, 2.05) is 12.3 Å². The van der Waals surface area contributed by atoms with E-state index in [1.165, 1.54) is 0 Å². The van der Waals surface area contributed by atoms with E-state index in [1.54, 1.807) is 11.3 Å². The molecule has 0 aliphatic heterocycles. The summed E-state index contributed by atoms with van der Waals surface area (Å²) < 4.78 is 0. The summed E-state index contributed by atoms with van der Waals surface area (Å²) in [5, 5.41) is 2.96. The van der Waals surface area contributed by atoms with Crippen LogP contribution in [-0.2, 0) is 6.54 Å². The summed E-state index contributed by atoms with van der Waals surface area (Å²) in [4.78, 5) is 7.32. The fourth-order valence-electron chi connectivity index (χ4n) is 0.562. The van der Waals surface area contributed by atoms with Crippen molar-refractivity contribution in [1.82, 2.24) is 4.98 Å². The Morgan fingerprint density at radius 2 is 2.67 bits per heavy atom. The van der Waals surface area contributed by atoms with Crippen LogP contribution in [0.4, 0.5) is 0 Å². The van der Waals surface area contributed by atoms with Crippen LogP contribution in [0.5, 0.6) is 0 Å². The number of aromatic nitrogens is 1. The first-order valence-corrected chi connectivity index (χ1v) is 3.45. The molecule has 0 N–H and O–H groups in total. The topological polar surface area (TPSA) is 17.2 Å². The minimum atomic E-state index is 0.421. The van der Waals surface area contributed by atoms with Gasteiger partial charge in [-0.25, -0.2) is 11.6 Å². The van der Waals surface area contributed by atoms with Crippen molar-refractivity contribution in [1.29, 1.82) is 0 Å². The Bertz CT molecular complexity index is 233. The Hall–Kier alpha value is -0.880. The smallest absolute Gasteiger partial charge is 0.257 e. The molecule has 1 aromatic heterocycles.